The minimum atomic E-state index is 0.717. The van der Waals surface area contributed by atoms with Gasteiger partial charge >= 0.3 is 0 Å². The van der Waals surface area contributed by atoms with Crippen LogP contribution in [0.15, 0.2) is 6.20 Å². The zero-order valence-electron chi connectivity index (χ0n) is 5.55. The lowest BCUT2D eigenvalue weighted by Gasteiger charge is -1.96. The molecule has 4 heteroatoms. The van der Waals surface area contributed by atoms with Crippen LogP contribution in [-0.2, 0) is 6.54 Å². The van der Waals surface area contributed by atoms with Crippen molar-refractivity contribution in [3.8, 4) is 5.88 Å². The zero-order valence-corrected chi connectivity index (χ0v) is 5.55. The molecule has 1 aliphatic heterocycles. The zero-order chi connectivity index (χ0) is 6.81. The predicted octanol–water partition coefficient (Wildman–Crippen LogP) is -0.108. The number of hydrogen-bond donors (Lipinski definition) is 2. The molecule has 2 rings (SSSR count). The fourth-order valence-electron chi connectivity index (χ4n) is 0.998. The summed E-state index contributed by atoms with van der Waals surface area (Å²) in [7, 11) is 0. The van der Waals surface area contributed by atoms with Crippen molar-refractivity contribution >= 4 is 0 Å². The molecule has 1 aromatic heterocycles. The van der Waals surface area contributed by atoms with Gasteiger partial charge in [0, 0.05) is 18.7 Å². The number of hydrogen-bond acceptors (Lipinski definition) is 3. The minimum Gasteiger partial charge on any atom is -0.476 e. The van der Waals surface area contributed by atoms with Gasteiger partial charge in [-0.05, 0) is 0 Å². The van der Waals surface area contributed by atoms with Gasteiger partial charge in [-0.2, -0.15) is 5.10 Å². The van der Waals surface area contributed by atoms with E-state index in [1.807, 2.05) is 0 Å². The first-order valence-corrected chi connectivity index (χ1v) is 3.32. The molecule has 0 aliphatic carbocycles. The van der Waals surface area contributed by atoms with Crippen LogP contribution in [0.5, 0.6) is 5.88 Å². The molecule has 10 heavy (non-hydrogen) atoms. The summed E-state index contributed by atoms with van der Waals surface area (Å²) in [4.78, 5) is 0. The van der Waals surface area contributed by atoms with E-state index in [1.165, 1.54) is 0 Å². The second kappa shape index (κ2) is 2.30. The summed E-state index contributed by atoms with van der Waals surface area (Å²) >= 11 is 0. The number of aromatic amines is 1. The number of H-pyrrole nitrogens is 1. The van der Waals surface area contributed by atoms with E-state index in [1.54, 1.807) is 6.20 Å². The third kappa shape index (κ3) is 0.863. The molecule has 1 aliphatic rings. The lowest BCUT2D eigenvalue weighted by Crippen LogP contribution is -2.16. The molecule has 54 valence electrons. The first kappa shape index (κ1) is 5.73. The Bertz CT molecular complexity index is 200. The summed E-state index contributed by atoms with van der Waals surface area (Å²) in [5.41, 5.74) is 1.11. The largest absolute Gasteiger partial charge is 0.476 e. The van der Waals surface area contributed by atoms with Crippen LogP contribution in [-0.4, -0.2) is 23.3 Å². The van der Waals surface area contributed by atoms with Crippen molar-refractivity contribution in [1.29, 1.82) is 0 Å². The summed E-state index contributed by atoms with van der Waals surface area (Å²) in [5.74, 6) is 0.810. The highest BCUT2D eigenvalue weighted by atomic mass is 16.5. The summed E-state index contributed by atoms with van der Waals surface area (Å²) < 4.78 is 5.31. The maximum Gasteiger partial charge on any atom is 0.213 e. The molecule has 0 unspecified atom stereocenters. The molecular formula is C6H9N3O. The highest BCUT2D eigenvalue weighted by Gasteiger charge is 2.08. The monoisotopic (exact) mass is 139 g/mol. The average Bonchev–Trinajstić information content (AvgIpc) is 2.28. The second-order valence-corrected chi connectivity index (χ2v) is 2.25. The van der Waals surface area contributed by atoms with Crippen molar-refractivity contribution in [3.63, 3.8) is 0 Å². The fraction of sp³-hybridized carbons (Fsp3) is 0.500. The molecule has 1 aromatic rings. The number of fused-ring (bicyclic) bond motifs is 1. The Kier molecular flexibility index (Phi) is 1.32. The Hall–Kier alpha value is -1.03. The molecule has 2 N–H and O–H groups in total. The van der Waals surface area contributed by atoms with E-state index in [4.69, 9.17) is 4.74 Å². The Labute approximate surface area is 58.6 Å². The normalized spacial score (nSPS) is 17.2. The van der Waals surface area contributed by atoms with Crippen LogP contribution in [0.25, 0.3) is 0 Å². The van der Waals surface area contributed by atoms with Gasteiger partial charge in [0.05, 0.1) is 6.20 Å². The van der Waals surface area contributed by atoms with Gasteiger partial charge in [-0.3, -0.25) is 0 Å². The topological polar surface area (TPSA) is 49.9 Å². The Morgan fingerprint density at radius 2 is 2.60 bits per heavy atom. The van der Waals surface area contributed by atoms with E-state index >= 15 is 0 Å². The predicted molar refractivity (Wildman–Crippen MR) is 35.8 cm³/mol. The summed E-state index contributed by atoms with van der Waals surface area (Å²) in [6.45, 7) is 2.48. The number of rotatable bonds is 0. The van der Waals surface area contributed by atoms with Gasteiger partial charge in [-0.25, -0.2) is 5.10 Å². The molecule has 0 atom stereocenters. The van der Waals surface area contributed by atoms with Crippen molar-refractivity contribution in [2.75, 3.05) is 13.2 Å². The van der Waals surface area contributed by atoms with Crippen molar-refractivity contribution < 1.29 is 4.74 Å². The van der Waals surface area contributed by atoms with Crippen molar-refractivity contribution in [3.05, 3.63) is 11.8 Å². The smallest absolute Gasteiger partial charge is 0.213 e. The molecule has 0 spiro atoms. The second-order valence-electron chi connectivity index (χ2n) is 2.25. The fourth-order valence-corrected chi connectivity index (χ4v) is 0.998. The first-order chi connectivity index (χ1) is 4.97. The van der Waals surface area contributed by atoms with Gasteiger partial charge in [-0.15, -0.1) is 0 Å². The first-order valence-electron chi connectivity index (χ1n) is 3.32. The molecule has 0 amide bonds. The lowest BCUT2D eigenvalue weighted by atomic mass is 10.3. The number of nitrogens with zero attached hydrogens (tertiary/aromatic N) is 1. The van der Waals surface area contributed by atoms with E-state index in [9.17, 15) is 0 Å². The molecule has 0 saturated heterocycles. The quantitative estimate of drug-likeness (QED) is 0.527. The van der Waals surface area contributed by atoms with Crippen LogP contribution in [0.2, 0.25) is 0 Å². The minimum absolute atomic E-state index is 0.717. The molecule has 0 saturated carbocycles. The molecular weight excluding hydrogens is 130 g/mol. The molecule has 0 bridgehead atoms. The van der Waals surface area contributed by atoms with E-state index in [0.717, 1.165) is 31.1 Å². The van der Waals surface area contributed by atoms with E-state index < -0.39 is 0 Å². The SMILES string of the molecule is c1n[nH]c2c1CNCCO2. The standard InChI is InChI=1S/C6H9N3O/c1-2-10-6-5(3-7-1)4-8-9-6/h4,7H,1-3H2,(H,8,9). The molecule has 0 fully saturated rings. The lowest BCUT2D eigenvalue weighted by molar-refractivity contribution is 0.313. The van der Waals surface area contributed by atoms with Crippen LogP contribution in [0.3, 0.4) is 0 Å². The number of nitrogens with one attached hydrogen (secondary N) is 2. The third-order valence-corrected chi connectivity index (χ3v) is 1.52. The summed E-state index contributed by atoms with van der Waals surface area (Å²) in [6, 6.07) is 0. The van der Waals surface area contributed by atoms with Crippen LogP contribution < -0.4 is 10.1 Å². The maximum absolute atomic E-state index is 5.31. The molecule has 0 aromatic carbocycles. The molecule has 0 radical (unpaired) electrons. The average molecular weight is 139 g/mol. The van der Waals surface area contributed by atoms with Crippen molar-refractivity contribution in [1.82, 2.24) is 15.5 Å². The summed E-state index contributed by atoms with van der Waals surface area (Å²) in [6.07, 6.45) is 1.79. The van der Waals surface area contributed by atoms with Gasteiger partial charge in [0.25, 0.3) is 0 Å². The van der Waals surface area contributed by atoms with Gasteiger partial charge in [0.15, 0.2) is 0 Å². The third-order valence-electron chi connectivity index (χ3n) is 1.52. The van der Waals surface area contributed by atoms with Crippen molar-refractivity contribution in [2.45, 2.75) is 6.54 Å². The Morgan fingerprint density at radius 3 is 3.60 bits per heavy atom. The molecule has 4 nitrogen and oxygen atoms in total. The van der Waals surface area contributed by atoms with Gasteiger partial charge < -0.3 is 10.1 Å². The van der Waals surface area contributed by atoms with Crippen LogP contribution in [0, 0.1) is 0 Å². The molecule has 2 heterocycles. The van der Waals surface area contributed by atoms with Gasteiger partial charge in [0.1, 0.15) is 6.61 Å². The number of ether oxygens (including phenoxy) is 1. The van der Waals surface area contributed by atoms with Crippen molar-refractivity contribution in [2.24, 2.45) is 0 Å². The van der Waals surface area contributed by atoms with Crippen LogP contribution in [0.1, 0.15) is 5.56 Å². The van der Waals surface area contributed by atoms with E-state index in [-0.39, 0.29) is 0 Å². The van der Waals surface area contributed by atoms with Gasteiger partial charge in [-0.1, -0.05) is 0 Å². The van der Waals surface area contributed by atoms with Crippen LogP contribution >= 0.6 is 0 Å². The maximum atomic E-state index is 5.31. The van der Waals surface area contributed by atoms with Crippen LogP contribution in [0.4, 0.5) is 0 Å². The van der Waals surface area contributed by atoms with E-state index in [2.05, 4.69) is 15.5 Å². The number of aromatic nitrogens is 2. The Balaban J connectivity index is 2.28. The highest BCUT2D eigenvalue weighted by Crippen LogP contribution is 2.14. The Morgan fingerprint density at radius 1 is 1.60 bits per heavy atom. The van der Waals surface area contributed by atoms with E-state index in [0.29, 0.717) is 0 Å². The van der Waals surface area contributed by atoms with Gasteiger partial charge in [0.2, 0.25) is 5.88 Å². The summed E-state index contributed by atoms with van der Waals surface area (Å²) in [5, 5.41) is 9.85. The highest BCUT2D eigenvalue weighted by molar-refractivity contribution is 5.22.